The first-order valence-electron chi connectivity index (χ1n) is 5.15. The van der Waals surface area contributed by atoms with Gasteiger partial charge in [0.15, 0.2) is 0 Å². The Morgan fingerprint density at radius 3 is 3.17 bits per heavy atom. The maximum atomic E-state index is 12.6. The molecule has 0 bridgehead atoms. The van der Waals surface area contributed by atoms with E-state index in [1.54, 1.807) is 6.92 Å². The van der Waals surface area contributed by atoms with Crippen molar-refractivity contribution < 1.29 is 4.39 Å². The molecule has 12 heavy (non-hydrogen) atoms. The highest BCUT2D eigenvalue weighted by molar-refractivity contribution is 4.98. The Hall–Kier alpha value is -0.110. The first kappa shape index (κ1) is 8.49. The van der Waals surface area contributed by atoms with Crippen LogP contribution < -0.4 is 0 Å². The maximum Gasteiger partial charge on any atom is 0.0985 e. The summed E-state index contributed by atoms with van der Waals surface area (Å²) >= 11 is 0. The van der Waals surface area contributed by atoms with Crippen LogP contribution in [0.25, 0.3) is 0 Å². The zero-order valence-corrected chi connectivity index (χ0v) is 7.80. The lowest BCUT2D eigenvalue weighted by atomic mass is 10.1. The van der Waals surface area contributed by atoms with Gasteiger partial charge in [0, 0.05) is 12.6 Å². The van der Waals surface area contributed by atoms with Gasteiger partial charge >= 0.3 is 0 Å². The SMILES string of the molecule is CC(F)CCN1CCC[C@@H]2C[C@@H]21. The molecular weight excluding hydrogens is 153 g/mol. The first-order valence-corrected chi connectivity index (χ1v) is 5.15. The van der Waals surface area contributed by atoms with Gasteiger partial charge in [0.25, 0.3) is 0 Å². The van der Waals surface area contributed by atoms with Crippen molar-refractivity contribution in [1.29, 1.82) is 0 Å². The van der Waals surface area contributed by atoms with Crippen LogP contribution in [0.15, 0.2) is 0 Å². The fourth-order valence-corrected chi connectivity index (χ4v) is 2.33. The molecule has 1 aliphatic carbocycles. The molecule has 2 fully saturated rings. The number of likely N-dealkylation sites (tertiary alicyclic amines) is 1. The van der Waals surface area contributed by atoms with Crippen molar-refractivity contribution in [3.63, 3.8) is 0 Å². The van der Waals surface area contributed by atoms with E-state index in [0.717, 1.165) is 24.9 Å². The molecule has 0 aromatic rings. The highest BCUT2D eigenvalue weighted by atomic mass is 19.1. The van der Waals surface area contributed by atoms with Crippen LogP contribution in [0.4, 0.5) is 4.39 Å². The molecule has 1 unspecified atom stereocenters. The Bertz CT molecular complexity index is 158. The first-order chi connectivity index (χ1) is 5.77. The zero-order valence-electron chi connectivity index (χ0n) is 7.80. The molecule has 1 saturated heterocycles. The lowest BCUT2D eigenvalue weighted by Crippen LogP contribution is -2.33. The Kier molecular flexibility index (Phi) is 2.35. The van der Waals surface area contributed by atoms with Gasteiger partial charge in [0.1, 0.15) is 0 Å². The lowest BCUT2D eigenvalue weighted by Gasteiger charge is -2.26. The van der Waals surface area contributed by atoms with Crippen molar-refractivity contribution >= 4 is 0 Å². The number of nitrogens with zero attached hydrogens (tertiary/aromatic N) is 1. The Balaban J connectivity index is 1.73. The second-order valence-corrected chi connectivity index (χ2v) is 4.31. The third kappa shape index (κ3) is 1.79. The molecule has 0 aromatic carbocycles. The number of halogens is 1. The van der Waals surface area contributed by atoms with E-state index in [2.05, 4.69) is 4.90 Å². The van der Waals surface area contributed by atoms with Crippen molar-refractivity contribution in [3.05, 3.63) is 0 Å². The minimum absolute atomic E-state index is 0.621. The number of fused-ring (bicyclic) bond motifs is 1. The number of hydrogen-bond donors (Lipinski definition) is 0. The van der Waals surface area contributed by atoms with Crippen LogP contribution in [0.2, 0.25) is 0 Å². The highest BCUT2D eigenvalue weighted by Crippen LogP contribution is 2.42. The quantitative estimate of drug-likeness (QED) is 0.629. The summed E-state index contributed by atoms with van der Waals surface area (Å²) in [5, 5.41) is 0. The monoisotopic (exact) mass is 171 g/mol. The van der Waals surface area contributed by atoms with Crippen LogP contribution in [0.1, 0.15) is 32.6 Å². The van der Waals surface area contributed by atoms with Gasteiger partial charge in [-0.3, -0.25) is 4.90 Å². The average molecular weight is 171 g/mol. The second kappa shape index (κ2) is 3.33. The molecule has 3 atom stereocenters. The van der Waals surface area contributed by atoms with Crippen LogP contribution in [0, 0.1) is 5.92 Å². The topological polar surface area (TPSA) is 3.24 Å². The highest BCUT2D eigenvalue weighted by Gasteiger charge is 2.43. The van der Waals surface area contributed by atoms with Gasteiger partial charge in [-0.15, -0.1) is 0 Å². The molecule has 0 aromatic heterocycles. The van der Waals surface area contributed by atoms with E-state index in [9.17, 15) is 4.39 Å². The molecular formula is C10H18FN. The van der Waals surface area contributed by atoms with Gasteiger partial charge in [-0.25, -0.2) is 4.39 Å². The van der Waals surface area contributed by atoms with Crippen LogP contribution in [-0.2, 0) is 0 Å². The summed E-state index contributed by atoms with van der Waals surface area (Å²) < 4.78 is 12.6. The molecule has 0 N–H and O–H groups in total. The summed E-state index contributed by atoms with van der Waals surface area (Å²) in [7, 11) is 0. The normalized spacial score (nSPS) is 37.5. The summed E-state index contributed by atoms with van der Waals surface area (Å²) in [6.45, 7) is 3.86. The van der Waals surface area contributed by atoms with E-state index in [1.165, 1.54) is 25.8 Å². The molecule has 1 saturated carbocycles. The van der Waals surface area contributed by atoms with Crippen molar-refractivity contribution in [3.8, 4) is 0 Å². The summed E-state index contributed by atoms with van der Waals surface area (Å²) in [6.07, 6.45) is 4.25. The van der Waals surface area contributed by atoms with E-state index < -0.39 is 6.17 Å². The zero-order chi connectivity index (χ0) is 8.55. The van der Waals surface area contributed by atoms with Crippen LogP contribution in [0.3, 0.4) is 0 Å². The van der Waals surface area contributed by atoms with Crippen LogP contribution >= 0.6 is 0 Å². The second-order valence-electron chi connectivity index (χ2n) is 4.31. The smallest absolute Gasteiger partial charge is 0.0985 e. The van der Waals surface area contributed by atoms with Crippen LogP contribution in [0.5, 0.6) is 0 Å². The number of hydrogen-bond acceptors (Lipinski definition) is 1. The molecule has 70 valence electrons. The van der Waals surface area contributed by atoms with E-state index in [-0.39, 0.29) is 0 Å². The van der Waals surface area contributed by atoms with Crippen molar-refractivity contribution in [1.82, 2.24) is 4.90 Å². The van der Waals surface area contributed by atoms with Crippen molar-refractivity contribution in [2.45, 2.75) is 44.8 Å². The molecule has 2 heteroatoms. The summed E-state index contributed by atoms with van der Waals surface area (Å²) in [4.78, 5) is 2.49. The Labute approximate surface area is 73.9 Å². The largest absolute Gasteiger partial charge is 0.300 e. The minimum atomic E-state index is -0.621. The van der Waals surface area contributed by atoms with Gasteiger partial charge < -0.3 is 0 Å². The van der Waals surface area contributed by atoms with Gasteiger partial charge in [0.05, 0.1) is 6.17 Å². The molecule has 1 nitrogen and oxygen atoms in total. The standard InChI is InChI=1S/C10H18FN/c1-8(11)4-6-12-5-2-3-9-7-10(9)12/h8-10H,2-7H2,1H3/t8?,9-,10+/m1/s1. The number of alkyl halides is 1. The number of piperidine rings is 1. The Morgan fingerprint density at radius 2 is 2.42 bits per heavy atom. The van der Waals surface area contributed by atoms with Gasteiger partial charge in [-0.2, -0.15) is 0 Å². The average Bonchev–Trinajstić information content (AvgIpc) is 2.78. The summed E-state index contributed by atoms with van der Waals surface area (Å²) in [6, 6.07) is 0.845. The van der Waals surface area contributed by atoms with Crippen LogP contribution in [-0.4, -0.2) is 30.2 Å². The fraction of sp³-hybridized carbons (Fsp3) is 1.00. The lowest BCUT2D eigenvalue weighted by molar-refractivity contribution is 0.190. The molecule has 0 amide bonds. The molecule has 0 radical (unpaired) electrons. The van der Waals surface area contributed by atoms with Crippen molar-refractivity contribution in [2.24, 2.45) is 5.92 Å². The van der Waals surface area contributed by atoms with Gasteiger partial charge in [-0.1, -0.05) is 0 Å². The van der Waals surface area contributed by atoms with E-state index >= 15 is 0 Å². The summed E-state index contributed by atoms with van der Waals surface area (Å²) in [5.74, 6) is 0.980. The predicted molar refractivity (Wildman–Crippen MR) is 47.9 cm³/mol. The van der Waals surface area contributed by atoms with Gasteiger partial charge in [-0.05, 0) is 45.1 Å². The summed E-state index contributed by atoms with van der Waals surface area (Å²) in [5.41, 5.74) is 0. The predicted octanol–water partition coefficient (Wildman–Crippen LogP) is 2.22. The molecule has 0 spiro atoms. The third-order valence-corrected chi connectivity index (χ3v) is 3.19. The molecule has 1 heterocycles. The maximum absolute atomic E-state index is 12.6. The third-order valence-electron chi connectivity index (χ3n) is 3.19. The van der Waals surface area contributed by atoms with Crippen molar-refractivity contribution in [2.75, 3.05) is 13.1 Å². The molecule has 1 aliphatic heterocycles. The molecule has 2 rings (SSSR count). The van der Waals surface area contributed by atoms with E-state index in [0.29, 0.717) is 0 Å². The Morgan fingerprint density at radius 1 is 1.58 bits per heavy atom. The van der Waals surface area contributed by atoms with E-state index in [1.807, 2.05) is 0 Å². The fourth-order valence-electron chi connectivity index (χ4n) is 2.33. The van der Waals surface area contributed by atoms with E-state index in [4.69, 9.17) is 0 Å². The number of rotatable bonds is 3. The van der Waals surface area contributed by atoms with Gasteiger partial charge in [0.2, 0.25) is 0 Å². The minimum Gasteiger partial charge on any atom is -0.300 e. The molecule has 2 aliphatic rings.